The Hall–Kier alpha value is -2.88. The van der Waals surface area contributed by atoms with E-state index in [1.807, 2.05) is 12.1 Å². The highest BCUT2D eigenvalue weighted by molar-refractivity contribution is 5.79. The molecule has 0 aliphatic heterocycles. The van der Waals surface area contributed by atoms with E-state index in [4.69, 9.17) is 4.74 Å². The monoisotopic (exact) mass is 415 g/mol. The highest BCUT2D eigenvalue weighted by Crippen LogP contribution is 2.26. The van der Waals surface area contributed by atoms with E-state index in [0.717, 1.165) is 31.7 Å². The summed E-state index contributed by atoms with van der Waals surface area (Å²) >= 11 is 0. The third kappa shape index (κ3) is 6.55. The van der Waals surface area contributed by atoms with Gasteiger partial charge in [-0.2, -0.15) is 0 Å². The fourth-order valence-corrected chi connectivity index (χ4v) is 3.81. The average molecular weight is 416 g/mol. The van der Waals surface area contributed by atoms with Crippen LogP contribution in [0.1, 0.15) is 42.5 Å². The Labute approximate surface area is 186 Å². The van der Waals surface area contributed by atoms with E-state index < -0.39 is 0 Å². The molecule has 0 bridgehead atoms. The quantitative estimate of drug-likeness (QED) is 0.392. The van der Waals surface area contributed by atoms with Crippen LogP contribution in [-0.4, -0.2) is 36.8 Å². The molecule has 31 heavy (non-hydrogen) atoms. The molecule has 3 aromatic carbocycles. The van der Waals surface area contributed by atoms with Crippen molar-refractivity contribution < 1.29 is 9.84 Å². The van der Waals surface area contributed by atoms with Gasteiger partial charge >= 0.3 is 0 Å². The maximum Gasteiger partial charge on any atom is 0.118 e. The second-order valence-electron chi connectivity index (χ2n) is 7.72. The van der Waals surface area contributed by atoms with Gasteiger partial charge in [0.25, 0.3) is 0 Å². The van der Waals surface area contributed by atoms with Crippen molar-refractivity contribution in [2.24, 2.45) is 0 Å². The molecule has 1 atom stereocenters. The first-order valence-corrected chi connectivity index (χ1v) is 11.0. The minimum Gasteiger partial charge on any atom is -0.497 e. The van der Waals surface area contributed by atoms with Gasteiger partial charge in [-0.1, -0.05) is 78.9 Å². The van der Waals surface area contributed by atoms with Crippen LogP contribution in [0.15, 0.2) is 91.0 Å². The van der Waals surface area contributed by atoms with Crippen molar-refractivity contribution in [3.63, 3.8) is 0 Å². The lowest BCUT2D eigenvalue weighted by Gasteiger charge is -2.29. The number of unbranched alkanes of at least 4 members (excludes halogenated alkanes) is 1. The number of hydrogen-bond donors (Lipinski definition) is 1. The van der Waals surface area contributed by atoms with Crippen LogP contribution in [0, 0.1) is 0 Å². The number of nitrogens with zero attached hydrogens (tertiary/aromatic N) is 1. The van der Waals surface area contributed by atoms with Crippen LogP contribution in [-0.2, 0) is 0 Å². The molecule has 0 amide bonds. The predicted molar refractivity (Wildman–Crippen MR) is 129 cm³/mol. The van der Waals surface area contributed by atoms with Gasteiger partial charge in [0.15, 0.2) is 0 Å². The molecule has 3 aromatic rings. The number of aliphatic hydroxyl groups excluding tert-OH is 1. The summed E-state index contributed by atoms with van der Waals surface area (Å²) in [6, 6.07) is 29.7. The third-order valence-electron chi connectivity index (χ3n) is 5.70. The molecule has 162 valence electrons. The lowest BCUT2D eigenvalue weighted by Crippen LogP contribution is -2.28. The number of aliphatic hydroxyl groups is 1. The molecule has 0 spiro atoms. The van der Waals surface area contributed by atoms with Crippen molar-refractivity contribution in [1.29, 1.82) is 0 Å². The van der Waals surface area contributed by atoms with Crippen LogP contribution in [0.25, 0.3) is 5.57 Å². The van der Waals surface area contributed by atoms with Crippen LogP contribution in [0.4, 0.5) is 0 Å². The smallest absolute Gasteiger partial charge is 0.118 e. The maximum absolute atomic E-state index is 9.26. The largest absolute Gasteiger partial charge is 0.497 e. The van der Waals surface area contributed by atoms with E-state index in [2.05, 4.69) is 90.7 Å². The van der Waals surface area contributed by atoms with Crippen LogP contribution in [0.3, 0.4) is 0 Å². The molecular formula is C28H33NO2. The second kappa shape index (κ2) is 12.1. The van der Waals surface area contributed by atoms with Gasteiger partial charge in [0, 0.05) is 19.2 Å². The van der Waals surface area contributed by atoms with E-state index in [-0.39, 0.29) is 12.6 Å². The van der Waals surface area contributed by atoms with Crippen molar-refractivity contribution >= 4 is 5.57 Å². The fourth-order valence-electron chi connectivity index (χ4n) is 3.81. The molecular weight excluding hydrogens is 382 g/mol. The third-order valence-corrected chi connectivity index (χ3v) is 5.70. The number of benzene rings is 3. The van der Waals surface area contributed by atoms with Gasteiger partial charge in [0.05, 0.1) is 7.11 Å². The summed E-state index contributed by atoms with van der Waals surface area (Å²) in [4.78, 5) is 2.48. The Bertz CT molecular complexity index is 879. The molecule has 3 rings (SSSR count). The SMILES string of the molecule is COc1ccc([C@@H](C)N(CC=C(c2ccccc2)c2ccccc2)CCCCO)cc1. The molecule has 3 nitrogen and oxygen atoms in total. The molecule has 0 unspecified atom stereocenters. The molecule has 1 N–H and O–H groups in total. The van der Waals surface area contributed by atoms with E-state index in [0.29, 0.717) is 0 Å². The average Bonchev–Trinajstić information content (AvgIpc) is 2.84. The van der Waals surface area contributed by atoms with Gasteiger partial charge in [-0.05, 0) is 60.7 Å². The Kier molecular flexibility index (Phi) is 8.89. The van der Waals surface area contributed by atoms with Gasteiger partial charge in [-0.15, -0.1) is 0 Å². The molecule has 0 radical (unpaired) electrons. The number of hydrogen-bond acceptors (Lipinski definition) is 3. The van der Waals surface area contributed by atoms with E-state index in [1.54, 1.807) is 7.11 Å². The summed E-state index contributed by atoms with van der Waals surface area (Å²) in [5.41, 5.74) is 4.96. The normalized spacial score (nSPS) is 11.9. The van der Waals surface area contributed by atoms with Crippen molar-refractivity contribution in [3.05, 3.63) is 108 Å². The summed E-state index contributed by atoms with van der Waals surface area (Å²) in [5, 5.41) is 9.26. The van der Waals surface area contributed by atoms with Crippen LogP contribution in [0.2, 0.25) is 0 Å². The predicted octanol–water partition coefficient (Wildman–Crippen LogP) is 5.96. The van der Waals surface area contributed by atoms with Gasteiger partial charge in [-0.25, -0.2) is 0 Å². The van der Waals surface area contributed by atoms with Gasteiger partial charge < -0.3 is 9.84 Å². The van der Waals surface area contributed by atoms with Crippen molar-refractivity contribution in [1.82, 2.24) is 4.90 Å². The molecule has 0 fully saturated rings. The first-order valence-electron chi connectivity index (χ1n) is 11.0. The lowest BCUT2D eigenvalue weighted by molar-refractivity contribution is 0.215. The summed E-state index contributed by atoms with van der Waals surface area (Å²) < 4.78 is 5.31. The van der Waals surface area contributed by atoms with Crippen molar-refractivity contribution in [3.8, 4) is 5.75 Å². The van der Waals surface area contributed by atoms with Crippen LogP contribution < -0.4 is 4.74 Å². The molecule has 0 heterocycles. The van der Waals surface area contributed by atoms with Gasteiger partial charge in [0.1, 0.15) is 5.75 Å². The molecule has 3 heteroatoms. The Morgan fingerprint density at radius 2 is 1.45 bits per heavy atom. The van der Waals surface area contributed by atoms with Crippen LogP contribution >= 0.6 is 0 Å². The standard InChI is InChI=1S/C28H33NO2/c1-23(24-15-17-27(31-2)18-16-24)29(20-9-10-22-30)21-19-28(25-11-5-3-6-12-25)26-13-7-4-8-14-26/h3-8,11-19,23,30H,9-10,20-22H2,1-2H3/t23-/m1/s1. The zero-order valence-corrected chi connectivity index (χ0v) is 18.6. The van der Waals surface area contributed by atoms with Crippen LogP contribution in [0.5, 0.6) is 5.75 Å². The summed E-state index contributed by atoms with van der Waals surface area (Å²) in [6.07, 6.45) is 4.13. The van der Waals surface area contributed by atoms with E-state index in [1.165, 1.54) is 22.3 Å². The zero-order valence-electron chi connectivity index (χ0n) is 18.6. The summed E-state index contributed by atoms with van der Waals surface area (Å²) in [5.74, 6) is 0.873. The highest BCUT2D eigenvalue weighted by Gasteiger charge is 2.16. The molecule has 0 aliphatic carbocycles. The maximum atomic E-state index is 9.26. The minimum absolute atomic E-state index is 0.236. The lowest BCUT2D eigenvalue weighted by atomic mass is 9.97. The van der Waals surface area contributed by atoms with Crippen molar-refractivity contribution in [2.75, 3.05) is 26.8 Å². The number of methoxy groups -OCH3 is 1. The summed E-state index contributed by atoms with van der Waals surface area (Å²) in [7, 11) is 1.69. The molecule has 0 saturated carbocycles. The molecule has 0 aromatic heterocycles. The van der Waals surface area contributed by atoms with E-state index in [9.17, 15) is 5.11 Å². The van der Waals surface area contributed by atoms with E-state index >= 15 is 0 Å². The molecule has 0 aliphatic rings. The van der Waals surface area contributed by atoms with Gasteiger partial charge in [-0.3, -0.25) is 4.90 Å². The first kappa shape index (κ1) is 22.8. The second-order valence-corrected chi connectivity index (χ2v) is 7.72. The number of rotatable bonds is 11. The van der Waals surface area contributed by atoms with Crippen molar-refractivity contribution in [2.45, 2.75) is 25.8 Å². The Morgan fingerprint density at radius 3 is 1.97 bits per heavy atom. The topological polar surface area (TPSA) is 32.7 Å². The minimum atomic E-state index is 0.236. The van der Waals surface area contributed by atoms with Gasteiger partial charge in [0.2, 0.25) is 0 Å². The first-order chi connectivity index (χ1) is 15.2. The highest BCUT2D eigenvalue weighted by atomic mass is 16.5. The number of ether oxygens (including phenoxy) is 1. The summed E-state index contributed by atoms with van der Waals surface area (Å²) in [6.45, 7) is 4.25. The Balaban J connectivity index is 1.87. The zero-order chi connectivity index (χ0) is 21.9. The Morgan fingerprint density at radius 1 is 0.871 bits per heavy atom. The molecule has 0 saturated heterocycles. The fraction of sp³-hybridized carbons (Fsp3) is 0.286.